The van der Waals surface area contributed by atoms with Gasteiger partial charge >= 0.3 is 0 Å². The van der Waals surface area contributed by atoms with Gasteiger partial charge in [-0.05, 0) is 53.6 Å². The van der Waals surface area contributed by atoms with Gasteiger partial charge in [-0.3, -0.25) is 0 Å². The fourth-order valence-corrected chi connectivity index (χ4v) is 4.29. The van der Waals surface area contributed by atoms with E-state index in [0.29, 0.717) is 11.8 Å². The Morgan fingerprint density at radius 3 is 2.75 bits per heavy atom. The van der Waals surface area contributed by atoms with Crippen molar-refractivity contribution in [1.82, 2.24) is 0 Å². The SMILES string of the molecule is CC(C1CCCc2ccccc21)C1C=CC=CC1(C)C. The molecule has 0 heterocycles. The van der Waals surface area contributed by atoms with Crippen molar-refractivity contribution in [2.75, 3.05) is 0 Å². The summed E-state index contributed by atoms with van der Waals surface area (Å²) in [5.41, 5.74) is 3.48. The van der Waals surface area contributed by atoms with Gasteiger partial charge in [0.2, 0.25) is 0 Å². The molecule has 3 rings (SSSR count). The Bertz CT molecular complexity index is 533. The quantitative estimate of drug-likeness (QED) is 0.662. The van der Waals surface area contributed by atoms with Gasteiger partial charge in [0, 0.05) is 0 Å². The summed E-state index contributed by atoms with van der Waals surface area (Å²) in [6.45, 7) is 7.22. The van der Waals surface area contributed by atoms with Gasteiger partial charge in [-0.25, -0.2) is 0 Å². The molecule has 0 saturated carbocycles. The van der Waals surface area contributed by atoms with Crippen LogP contribution in [0.4, 0.5) is 0 Å². The molecule has 0 bridgehead atoms. The van der Waals surface area contributed by atoms with Crippen molar-refractivity contribution in [2.24, 2.45) is 17.3 Å². The van der Waals surface area contributed by atoms with E-state index in [-0.39, 0.29) is 5.41 Å². The van der Waals surface area contributed by atoms with E-state index in [1.165, 1.54) is 19.3 Å². The smallest absolute Gasteiger partial charge is 0.0106 e. The summed E-state index contributed by atoms with van der Waals surface area (Å²) >= 11 is 0. The third-order valence-electron chi connectivity index (χ3n) is 5.43. The summed E-state index contributed by atoms with van der Waals surface area (Å²) in [5.74, 6) is 2.07. The zero-order valence-corrected chi connectivity index (χ0v) is 13.0. The topological polar surface area (TPSA) is 0 Å². The Morgan fingerprint density at radius 1 is 1.15 bits per heavy atom. The predicted octanol–water partition coefficient (Wildman–Crippen LogP) is 5.51. The van der Waals surface area contributed by atoms with Crippen LogP contribution < -0.4 is 0 Å². The van der Waals surface area contributed by atoms with Crippen molar-refractivity contribution in [2.45, 2.75) is 46.0 Å². The van der Waals surface area contributed by atoms with E-state index in [1.807, 2.05) is 0 Å². The Kier molecular flexibility index (Phi) is 3.58. The molecule has 2 aliphatic carbocycles. The molecule has 3 atom stereocenters. The van der Waals surface area contributed by atoms with Gasteiger partial charge < -0.3 is 0 Å². The van der Waals surface area contributed by atoms with Crippen LogP contribution in [0, 0.1) is 17.3 Å². The second-order valence-corrected chi connectivity index (χ2v) is 7.15. The molecule has 0 heteroatoms. The Balaban J connectivity index is 1.90. The number of allylic oxidation sites excluding steroid dienone is 4. The first kappa shape index (κ1) is 13.7. The van der Waals surface area contributed by atoms with E-state index in [0.717, 1.165) is 5.92 Å². The summed E-state index contributed by atoms with van der Waals surface area (Å²) < 4.78 is 0. The summed E-state index contributed by atoms with van der Waals surface area (Å²) in [4.78, 5) is 0. The van der Waals surface area contributed by atoms with Crippen LogP contribution in [0.3, 0.4) is 0 Å². The van der Waals surface area contributed by atoms with E-state index >= 15 is 0 Å². The number of rotatable bonds is 2. The van der Waals surface area contributed by atoms with Gasteiger partial charge in [0.15, 0.2) is 0 Å². The standard InChI is InChI=1S/C20H26/c1-15(19-13-6-7-14-20(19,2)3)17-12-8-10-16-9-4-5-11-18(16)17/h4-7,9,11,13-15,17,19H,8,10,12H2,1-3H3. The fourth-order valence-electron chi connectivity index (χ4n) is 4.29. The maximum Gasteiger partial charge on any atom is -0.0106 e. The van der Waals surface area contributed by atoms with Crippen molar-refractivity contribution in [3.05, 3.63) is 59.7 Å². The van der Waals surface area contributed by atoms with Crippen LogP contribution >= 0.6 is 0 Å². The van der Waals surface area contributed by atoms with E-state index in [2.05, 4.69) is 69.3 Å². The summed E-state index contributed by atoms with van der Waals surface area (Å²) in [5, 5.41) is 0. The van der Waals surface area contributed by atoms with Gasteiger partial charge in [-0.1, -0.05) is 69.3 Å². The minimum atomic E-state index is 0.278. The van der Waals surface area contributed by atoms with Crippen molar-refractivity contribution in [3.8, 4) is 0 Å². The van der Waals surface area contributed by atoms with Crippen LogP contribution in [-0.4, -0.2) is 0 Å². The minimum Gasteiger partial charge on any atom is -0.0803 e. The van der Waals surface area contributed by atoms with E-state index < -0.39 is 0 Å². The van der Waals surface area contributed by atoms with Gasteiger partial charge in [-0.15, -0.1) is 0 Å². The van der Waals surface area contributed by atoms with E-state index in [1.54, 1.807) is 11.1 Å². The summed E-state index contributed by atoms with van der Waals surface area (Å²) in [6.07, 6.45) is 13.2. The molecule has 2 aliphatic rings. The minimum absolute atomic E-state index is 0.278. The number of benzene rings is 1. The zero-order valence-electron chi connectivity index (χ0n) is 13.0. The van der Waals surface area contributed by atoms with Crippen molar-refractivity contribution in [3.63, 3.8) is 0 Å². The van der Waals surface area contributed by atoms with Crippen LogP contribution in [0.5, 0.6) is 0 Å². The number of hydrogen-bond acceptors (Lipinski definition) is 0. The third-order valence-corrected chi connectivity index (χ3v) is 5.43. The van der Waals surface area contributed by atoms with Crippen LogP contribution in [0.2, 0.25) is 0 Å². The first-order valence-electron chi connectivity index (χ1n) is 8.03. The highest BCUT2D eigenvalue weighted by Crippen LogP contribution is 2.46. The molecule has 0 aromatic heterocycles. The second kappa shape index (κ2) is 5.24. The van der Waals surface area contributed by atoms with Crippen molar-refractivity contribution < 1.29 is 0 Å². The van der Waals surface area contributed by atoms with Gasteiger partial charge in [0.25, 0.3) is 0 Å². The predicted molar refractivity (Wildman–Crippen MR) is 86.8 cm³/mol. The van der Waals surface area contributed by atoms with Crippen molar-refractivity contribution >= 4 is 0 Å². The molecule has 0 N–H and O–H groups in total. The molecule has 20 heavy (non-hydrogen) atoms. The first-order valence-corrected chi connectivity index (χ1v) is 8.03. The number of hydrogen-bond donors (Lipinski definition) is 0. The highest BCUT2D eigenvalue weighted by Gasteiger charge is 2.36. The summed E-state index contributed by atoms with van der Waals surface area (Å²) in [7, 11) is 0. The zero-order chi connectivity index (χ0) is 14.2. The van der Waals surface area contributed by atoms with Crippen LogP contribution in [-0.2, 0) is 6.42 Å². The maximum absolute atomic E-state index is 2.46. The molecule has 0 aliphatic heterocycles. The molecule has 0 amide bonds. The highest BCUT2D eigenvalue weighted by atomic mass is 14.4. The molecule has 3 unspecified atom stereocenters. The lowest BCUT2D eigenvalue weighted by Crippen LogP contribution is -2.32. The fraction of sp³-hybridized carbons (Fsp3) is 0.500. The van der Waals surface area contributed by atoms with Crippen LogP contribution in [0.15, 0.2) is 48.6 Å². The highest BCUT2D eigenvalue weighted by molar-refractivity contribution is 5.34. The molecular formula is C20H26. The lowest BCUT2D eigenvalue weighted by molar-refractivity contribution is 0.210. The Hall–Kier alpha value is -1.30. The lowest BCUT2D eigenvalue weighted by atomic mass is 9.63. The molecule has 0 spiro atoms. The molecular weight excluding hydrogens is 240 g/mol. The largest absolute Gasteiger partial charge is 0.0803 e. The maximum atomic E-state index is 2.46. The summed E-state index contributed by atoms with van der Waals surface area (Å²) in [6, 6.07) is 9.10. The average Bonchev–Trinajstić information content (AvgIpc) is 2.45. The molecule has 1 aromatic carbocycles. The van der Waals surface area contributed by atoms with E-state index in [9.17, 15) is 0 Å². The molecule has 0 nitrogen and oxygen atoms in total. The Morgan fingerprint density at radius 2 is 1.95 bits per heavy atom. The molecule has 0 fully saturated rings. The van der Waals surface area contributed by atoms with Crippen LogP contribution in [0.1, 0.15) is 50.7 Å². The Labute approximate surface area is 123 Å². The van der Waals surface area contributed by atoms with Crippen LogP contribution in [0.25, 0.3) is 0 Å². The molecule has 1 aromatic rings. The molecule has 0 saturated heterocycles. The monoisotopic (exact) mass is 266 g/mol. The third kappa shape index (κ3) is 2.37. The number of fused-ring (bicyclic) bond motifs is 1. The molecule has 106 valence electrons. The average molecular weight is 266 g/mol. The first-order chi connectivity index (χ1) is 9.59. The number of aryl methyl sites for hydroxylation is 1. The van der Waals surface area contributed by atoms with Gasteiger partial charge in [0.05, 0.1) is 0 Å². The van der Waals surface area contributed by atoms with Crippen molar-refractivity contribution in [1.29, 1.82) is 0 Å². The van der Waals surface area contributed by atoms with E-state index in [4.69, 9.17) is 0 Å². The normalized spacial score (nSPS) is 28.9. The lowest BCUT2D eigenvalue weighted by Gasteiger charge is -2.41. The second-order valence-electron chi connectivity index (χ2n) is 7.15. The molecule has 0 radical (unpaired) electrons. The van der Waals surface area contributed by atoms with Gasteiger partial charge in [-0.2, -0.15) is 0 Å². The van der Waals surface area contributed by atoms with Gasteiger partial charge in [0.1, 0.15) is 0 Å².